The van der Waals surface area contributed by atoms with E-state index in [1.807, 2.05) is 41.0 Å². The summed E-state index contributed by atoms with van der Waals surface area (Å²) in [5.41, 5.74) is 1.53. The van der Waals surface area contributed by atoms with Gasteiger partial charge in [0.15, 0.2) is 22.5 Å². The fraction of sp³-hybridized carbons (Fsp3) is 0.208. The lowest BCUT2D eigenvalue weighted by Crippen LogP contribution is -2.17. The van der Waals surface area contributed by atoms with Gasteiger partial charge in [-0.15, -0.1) is 10.2 Å². The molecule has 0 saturated carbocycles. The van der Waals surface area contributed by atoms with E-state index < -0.39 is 0 Å². The first kappa shape index (κ1) is 21.9. The second kappa shape index (κ2) is 9.92. The van der Waals surface area contributed by atoms with Gasteiger partial charge in [-0.05, 0) is 48.5 Å². The Labute approximate surface area is 200 Å². The van der Waals surface area contributed by atoms with Crippen molar-refractivity contribution in [1.29, 1.82) is 0 Å². The summed E-state index contributed by atoms with van der Waals surface area (Å²) in [4.78, 5) is 12.6. The SMILES string of the molecule is COc1ccc(-c2nnc(SCC(=O)Nc3ccc4c(c3)OCCO4)n2Cc2ccco2)cc1. The van der Waals surface area contributed by atoms with Crippen LogP contribution < -0.4 is 19.5 Å². The maximum absolute atomic E-state index is 12.6. The Kier molecular flexibility index (Phi) is 6.39. The highest BCUT2D eigenvalue weighted by atomic mass is 32.2. The molecule has 9 nitrogen and oxygen atoms in total. The van der Waals surface area contributed by atoms with E-state index in [-0.39, 0.29) is 11.7 Å². The fourth-order valence-electron chi connectivity index (χ4n) is 3.50. The van der Waals surface area contributed by atoms with Crippen LogP contribution in [0, 0.1) is 0 Å². The lowest BCUT2D eigenvalue weighted by molar-refractivity contribution is -0.113. The molecule has 0 unspecified atom stereocenters. The van der Waals surface area contributed by atoms with Gasteiger partial charge in [-0.25, -0.2) is 0 Å². The number of benzene rings is 2. The number of methoxy groups -OCH3 is 1. The molecule has 0 saturated heterocycles. The Hall–Kier alpha value is -3.92. The number of hydrogen-bond acceptors (Lipinski definition) is 8. The Morgan fingerprint density at radius 1 is 1.09 bits per heavy atom. The molecule has 10 heteroatoms. The zero-order valence-corrected chi connectivity index (χ0v) is 19.2. The molecular formula is C24H22N4O5S. The molecule has 1 amide bonds. The quantitative estimate of drug-likeness (QED) is 0.378. The van der Waals surface area contributed by atoms with Crippen molar-refractivity contribution in [3.8, 4) is 28.6 Å². The lowest BCUT2D eigenvalue weighted by atomic mass is 10.2. The van der Waals surface area contributed by atoms with Crippen LogP contribution in [0.2, 0.25) is 0 Å². The van der Waals surface area contributed by atoms with Crippen LogP contribution in [-0.4, -0.2) is 46.7 Å². The molecule has 34 heavy (non-hydrogen) atoms. The summed E-state index contributed by atoms with van der Waals surface area (Å²) < 4.78 is 23.8. The summed E-state index contributed by atoms with van der Waals surface area (Å²) in [7, 11) is 1.62. The number of amides is 1. The summed E-state index contributed by atoms with van der Waals surface area (Å²) >= 11 is 1.30. The summed E-state index contributed by atoms with van der Waals surface area (Å²) in [6.07, 6.45) is 1.63. The average molecular weight is 479 g/mol. The van der Waals surface area contributed by atoms with Crippen LogP contribution in [0.4, 0.5) is 5.69 Å². The maximum Gasteiger partial charge on any atom is 0.234 e. The van der Waals surface area contributed by atoms with Crippen molar-refractivity contribution in [2.75, 3.05) is 31.4 Å². The molecule has 0 radical (unpaired) electrons. The van der Waals surface area contributed by atoms with Gasteiger partial charge < -0.3 is 23.9 Å². The van der Waals surface area contributed by atoms with Gasteiger partial charge >= 0.3 is 0 Å². The Bertz CT molecular complexity index is 1270. The first-order valence-electron chi connectivity index (χ1n) is 10.6. The summed E-state index contributed by atoms with van der Waals surface area (Å²) in [5.74, 6) is 3.49. The van der Waals surface area contributed by atoms with E-state index in [2.05, 4.69) is 15.5 Å². The molecular weight excluding hydrogens is 456 g/mol. The number of ether oxygens (including phenoxy) is 3. The number of carbonyl (C=O) groups excluding carboxylic acids is 1. The number of nitrogens with zero attached hydrogens (tertiary/aromatic N) is 3. The van der Waals surface area contributed by atoms with Crippen LogP contribution in [-0.2, 0) is 11.3 Å². The number of fused-ring (bicyclic) bond motifs is 1. The van der Waals surface area contributed by atoms with Crippen LogP contribution in [0.25, 0.3) is 11.4 Å². The molecule has 0 spiro atoms. The lowest BCUT2D eigenvalue weighted by Gasteiger charge is -2.19. The minimum atomic E-state index is -0.166. The number of thioether (sulfide) groups is 1. The molecule has 174 valence electrons. The molecule has 4 aromatic rings. The van der Waals surface area contributed by atoms with E-state index in [1.165, 1.54) is 11.8 Å². The molecule has 0 aliphatic carbocycles. The summed E-state index contributed by atoms with van der Waals surface area (Å²) in [6, 6.07) is 16.6. The number of nitrogens with one attached hydrogen (secondary N) is 1. The van der Waals surface area contributed by atoms with Gasteiger partial charge in [0.1, 0.15) is 24.7 Å². The van der Waals surface area contributed by atoms with Crippen LogP contribution in [0.3, 0.4) is 0 Å². The van der Waals surface area contributed by atoms with Crippen LogP contribution in [0.1, 0.15) is 5.76 Å². The second-order valence-corrected chi connectivity index (χ2v) is 8.34. The largest absolute Gasteiger partial charge is 0.497 e. The van der Waals surface area contributed by atoms with E-state index >= 15 is 0 Å². The molecule has 2 aromatic carbocycles. The van der Waals surface area contributed by atoms with Crippen LogP contribution >= 0.6 is 11.8 Å². The van der Waals surface area contributed by atoms with E-state index in [4.69, 9.17) is 18.6 Å². The highest BCUT2D eigenvalue weighted by Crippen LogP contribution is 2.33. The van der Waals surface area contributed by atoms with Crippen LogP contribution in [0.15, 0.2) is 70.4 Å². The van der Waals surface area contributed by atoms with E-state index in [0.29, 0.717) is 47.9 Å². The standard InChI is InChI=1S/C24H22N4O5S/c1-30-18-7-4-16(5-8-18)23-26-27-24(28(23)14-19-3-2-10-31-19)34-15-22(29)25-17-6-9-20-21(13-17)33-12-11-32-20/h2-10,13H,11-12,14-15H2,1H3,(H,25,29). The molecule has 2 aromatic heterocycles. The topological polar surface area (TPSA) is 101 Å². The summed E-state index contributed by atoms with van der Waals surface area (Å²) in [5, 5.41) is 12.2. The molecule has 5 rings (SSSR count). The van der Waals surface area contributed by atoms with Gasteiger partial charge in [0, 0.05) is 17.3 Å². The molecule has 0 atom stereocenters. The van der Waals surface area contributed by atoms with E-state index in [1.54, 1.807) is 31.6 Å². The molecule has 3 heterocycles. The summed E-state index contributed by atoms with van der Waals surface area (Å²) in [6.45, 7) is 1.45. The van der Waals surface area contributed by atoms with Gasteiger partial charge in [-0.1, -0.05) is 11.8 Å². The predicted octanol–water partition coefficient (Wildman–Crippen LogP) is 4.10. The van der Waals surface area contributed by atoms with Gasteiger partial charge in [-0.2, -0.15) is 0 Å². The average Bonchev–Trinajstić information content (AvgIpc) is 3.53. The van der Waals surface area contributed by atoms with E-state index in [0.717, 1.165) is 17.1 Å². The highest BCUT2D eigenvalue weighted by Gasteiger charge is 2.18. The smallest absolute Gasteiger partial charge is 0.234 e. The van der Waals surface area contributed by atoms with Crippen molar-refractivity contribution in [2.45, 2.75) is 11.7 Å². The van der Waals surface area contributed by atoms with Crippen molar-refractivity contribution in [2.24, 2.45) is 0 Å². The molecule has 0 bridgehead atoms. The molecule has 1 N–H and O–H groups in total. The van der Waals surface area contributed by atoms with Gasteiger partial charge in [0.05, 0.1) is 25.7 Å². The zero-order chi connectivity index (χ0) is 23.3. The third kappa shape index (κ3) is 4.86. The number of anilines is 1. The third-order valence-corrected chi connectivity index (χ3v) is 6.08. The fourth-order valence-corrected chi connectivity index (χ4v) is 4.24. The second-order valence-electron chi connectivity index (χ2n) is 7.40. The van der Waals surface area contributed by atoms with Crippen molar-refractivity contribution >= 4 is 23.4 Å². The third-order valence-electron chi connectivity index (χ3n) is 5.12. The monoisotopic (exact) mass is 478 g/mol. The Balaban J connectivity index is 1.31. The van der Waals surface area contributed by atoms with Crippen molar-refractivity contribution < 1.29 is 23.4 Å². The zero-order valence-electron chi connectivity index (χ0n) is 18.4. The van der Waals surface area contributed by atoms with Crippen molar-refractivity contribution in [3.05, 3.63) is 66.6 Å². The number of aromatic nitrogens is 3. The minimum absolute atomic E-state index is 0.160. The van der Waals surface area contributed by atoms with Crippen molar-refractivity contribution in [1.82, 2.24) is 14.8 Å². The van der Waals surface area contributed by atoms with E-state index in [9.17, 15) is 4.79 Å². The first-order valence-corrected chi connectivity index (χ1v) is 11.6. The number of hydrogen-bond donors (Lipinski definition) is 1. The number of furan rings is 1. The predicted molar refractivity (Wildman–Crippen MR) is 127 cm³/mol. The molecule has 1 aliphatic rings. The maximum atomic E-state index is 12.6. The van der Waals surface area contributed by atoms with Gasteiger partial charge in [0.2, 0.25) is 5.91 Å². The normalized spacial score (nSPS) is 12.4. The Morgan fingerprint density at radius 2 is 1.91 bits per heavy atom. The number of carbonyl (C=O) groups is 1. The molecule has 0 fully saturated rings. The van der Waals surface area contributed by atoms with Crippen molar-refractivity contribution in [3.63, 3.8) is 0 Å². The molecule has 1 aliphatic heterocycles. The first-order chi connectivity index (χ1) is 16.7. The Morgan fingerprint density at radius 3 is 2.68 bits per heavy atom. The highest BCUT2D eigenvalue weighted by molar-refractivity contribution is 7.99. The number of rotatable bonds is 8. The minimum Gasteiger partial charge on any atom is -0.497 e. The van der Waals surface area contributed by atoms with Gasteiger partial charge in [-0.3, -0.25) is 9.36 Å². The van der Waals surface area contributed by atoms with Crippen LogP contribution in [0.5, 0.6) is 17.2 Å². The van der Waals surface area contributed by atoms with Gasteiger partial charge in [0.25, 0.3) is 0 Å².